The van der Waals surface area contributed by atoms with Crippen molar-refractivity contribution in [2.45, 2.75) is 23.6 Å². The van der Waals surface area contributed by atoms with Gasteiger partial charge in [0.25, 0.3) is 5.91 Å². The molecule has 2 aromatic carbocycles. The predicted octanol–water partition coefficient (Wildman–Crippen LogP) is 5.50. The number of rotatable bonds is 7. The molecule has 4 aromatic rings. The Hall–Kier alpha value is -3.65. The van der Waals surface area contributed by atoms with Gasteiger partial charge in [0.05, 0.1) is 0 Å². The van der Waals surface area contributed by atoms with Gasteiger partial charge < -0.3 is 14.5 Å². The Morgan fingerprint density at radius 3 is 2.61 bits per heavy atom. The van der Waals surface area contributed by atoms with Crippen LogP contribution >= 0.6 is 11.8 Å². The van der Waals surface area contributed by atoms with Crippen LogP contribution in [0, 0.1) is 12.7 Å². The molecule has 6 nitrogen and oxygen atoms in total. The largest absolute Gasteiger partial charge is 0.486 e. The zero-order valence-corrected chi connectivity index (χ0v) is 17.4. The van der Waals surface area contributed by atoms with E-state index in [-0.39, 0.29) is 24.1 Å². The Kier molecular flexibility index (Phi) is 6.28. The van der Waals surface area contributed by atoms with Crippen LogP contribution in [0.2, 0.25) is 0 Å². The first-order valence-electron chi connectivity index (χ1n) is 9.41. The summed E-state index contributed by atoms with van der Waals surface area (Å²) in [6.45, 7) is 2.04. The first kappa shape index (κ1) is 20.6. The zero-order chi connectivity index (χ0) is 21.6. The SMILES string of the molecule is Cc1cc(Sc2ncccn2)ccc1NC(=O)c1ccc(COc2ccc(F)cc2)o1. The summed E-state index contributed by atoms with van der Waals surface area (Å²) in [5.74, 6) is 0.481. The lowest BCUT2D eigenvalue weighted by molar-refractivity contribution is 0.0992. The summed E-state index contributed by atoms with van der Waals surface area (Å²) in [6, 6.07) is 16.4. The molecule has 0 spiro atoms. The summed E-state index contributed by atoms with van der Waals surface area (Å²) < 4.78 is 24.1. The summed E-state index contributed by atoms with van der Waals surface area (Å²) in [7, 11) is 0. The molecular weight excluding hydrogens is 417 g/mol. The van der Waals surface area contributed by atoms with E-state index in [0.29, 0.717) is 22.4 Å². The van der Waals surface area contributed by atoms with Crippen molar-refractivity contribution in [1.29, 1.82) is 0 Å². The molecule has 0 aliphatic rings. The van der Waals surface area contributed by atoms with E-state index >= 15 is 0 Å². The first-order valence-corrected chi connectivity index (χ1v) is 10.2. The van der Waals surface area contributed by atoms with Crippen molar-refractivity contribution in [2.75, 3.05) is 5.32 Å². The van der Waals surface area contributed by atoms with E-state index in [1.807, 2.05) is 25.1 Å². The number of carbonyl (C=O) groups excluding carboxylic acids is 1. The third-order valence-corrected chi connectivity index (χ3v) is 5.16. The van der Waals surface area contributed by atoms with Crippen LogP contribution in [0.5, 0.6) is 5.75 Å². The van der Waals surface area contributed by atoms with Crippen LogP contribution in [0.1, 0.15) is 21.9 Å². The lowest BCUT2D eigenvalue weighted by Gasteiger charge is -2.09. The van der Waals surface area contributed by atoms with Crippen molar-refractivity contribution in [3.63, 3.8) is 0 Å². The molecule has 31 heavy (non-hydrogen) atoms. The molecule has 2 heterocycles. The second-order valence-electron chi connectivity index (χ2n) is 6.57. The number of aryl methyl sites for hydroxylation is 1. The number of halogens is 1. The molecule has 1 N–H and O–H groups in total. The highest BCUT2D eigenvalue weighted by Gasteiger charge is 2.13. The highest BCUT2D eigenvalue weighted by Crippen LogP contribution is 2.28. The van der Waals surface area contributed by atoms with E-state index in [1.54, 1.807) is 30.6 Å². The minimum Gasteiger partial charge on any atom is -0.486 e. The molecule has 156 valence electrons. The standard InChI is InChI=1S/C23H18FN3O3S/c1-15-13-19(31-23-25-11-2-12-26-23)8-9-20(15)27-22(28)21-10-7-18(30-21)14-29-17-5-3-16(24)4-6-17/h2-13H,14H2,1H3,(H,27,28). The molecule has 0 radical (unpaired) electrons. The minimum atomic E-state index is -0.358. The van der Waals surface area contributed by atoms with Crippen LogP contribution in [0.4, 0.5) is 10.1 Å². The smallest absolute Gasteiger partial charge is 0.291 e. The van der Waals surface area contributed by atoms with Gasteiger partial charge in [-0.15, -0.1) is 0 Å². The number of hydrogen-bond donors (Lipinski definition) is 1. The van der Waals surface area contributed by atoms with Crippen molar-refractivity contribution in [3.05, 3.63) is 96.0 Å². The van der Waals surface area contributed by atoms with E-state index in [0.717, 1.165) is 10.5 Å². The van der Waals surface area contributed by atoms with Crippen LogP contribution < -0.4 is 10.1 Å². The quantitative estimate of drug-likeness (QED) is 0.386. The molecule has 2 aromatic heterocycles. The number of furan rings is 1. The average molecular weight is 435 g/mol. The molecule has 1 amide bonds. The molecule has 0 saturated carbocycles. The maximum Gasteiger partial charge on any atom is 0.291 e. The van der Waals surface area contributed by atoms with Crippen molar-refractivity contribution in [2.24, 2.45) is 0 Å². The summed E-state index contributed by atoms with van der Waals surface area (Å²) in [6.07, 6.45) is 3.39. The van der Waals surface area contributed by atoms with E-state index in [9.17, 15) is 9.18 Å². The Balaban J connectivity index is 1.36. The molecule has 0 aliphatic carbocycles. The molecule has 0 saturated heterocycles. The van der Waals surface area contributed by atoms with Gasteiger partial charge in [0, 0.05) is 23.0 Å². The second-order valence-corrected chi connectivity index (χ2v) is 7.61. The van der Waals surface area contributed by atoms with Gasteiger partial charge in [0.2, 0.25) is 0 Å². The number of hydrogen-bond acceptors (Lipinski definition) is 6. The van der Waals surface area contributed by atoms with Crippen LogP contribution in [0.25, 0.3) is 0 Å². The summed E-state index contributed by atoms with van der Waals surface area (Å²) in [5, 5.41) is 3.51. The minimum absolute atomic E-state index is 0.130. The number of carbonyl (C=O) groups is 1. The Morgan fingerprint density at radius 2 is 1.87 bits per heavy atom. The molecular formula is C23H18FN3O3S. The highest BCUT2D eigenvalue weighted by atomic mass is 32.2. The number of aromatic nitrogens is 2. The van der Waals surface area contributed by atoms with E-state index in [4.69, 9.17) is 9.15 Å². The molecule has 8 heteroatoms. The predicted molar refractivity (Wildman–Crippen MR) is 115 cm³/mol. The Labute approximate surface area is 182 Å². The van der Waals surface area contributed by atoms with Gasteiger partial charge >= 0.3 is 0 Å². The van der Waals surface area contributed by atoms with Gasteiger partial charge in [-0.3, -0.25) is 4.79 Å². The molecule has 0 atom stereocenters. The van der Waals surface area contributed by atoms with Gasteiger partial charge in [-0.05, 0) is 84.9 Å². The Morgan fingerprint density at radius 1 is 1.10 bits per heavy atom. The van der Waals surface area contributed by atoms with E-state index in [1.165, 1.54) is 36.0 Å². The maximum absolute atomic E-state index is 12.9. The average Bonchev–Trinajstić information content (AvgIpc) is 3.25. The number of nitrogens with zero attached hydrogens (tertiary/aromatic N) is 2. The lowest BCUT2D eigenvalue weighted by Crippen LogP contribution is -2.11. The summed E-state index contributed by atoms with van der Waals surface area (Å²) in [4.78, 5) is 21.9. The molecule has 0 fully saturated rings. The topological polar surface area (TPSA) is 77.2 Å². The first-order chi connectivity index (χ1) is 15.1. The van der Waals surface area contributed by atoms with Gasteiger partial charge in [-0.1, -0.05) is 0 Å². The fraction of sp³-hybridized carbons (Fsp3) is 0.0870. The molecule has 0 unspecified atom stereocenters. The van der Waals surface area contributed by atoms with Gasteiger partial charge in [-0.2, -0.15) is 0 Å². The molecule has 0 aliphatic heterocycles. The van der Waals surface area contributed by atoms with E-state index in [2.05, 4.69) is 15.3 Å². The number of ether oxygens (including phenoxy) is 1. The van der Waals surface area contributed by atoms with Crippen molar-refractivity contribution in [3.8, 4) is 5.75 Å². The third-order valence-electron chi connectivity index (χ3n) is 4.28. The number of nitrogens with one attached hydrogen (secondary N) is 1. The zero-order valence-electron chi connectivity index (χ0n) is 16.5. The molecule has 4 rings (SSSR count). The monoisotopic (exact) mass is 435 g/mol. The van der Waals surface area contributed by atoms with Crippen LogP contribution in [-0.2, 0) is 6.61 Å². The van der Waals surface area contributed by atoms with Crippen LogP contribution in [0.3, 0.4) is 0 Å². The van der Waals surface area contributed by atoms with Crippen molar-refractivity contribution < 1.29 is 18.3 Å². The third kappa shape index (κ3) is 5.49. The summed E-state index contributed by atoms with van der Waals surface area (Å²) >= 11 is 1.45. The number of amides is 1. The fourth-order valence-corrected chi connectivity index (χ4v) is 3.54. The normalized spacial score (nSPS) is 10.6. The van der Waals surface area contributed by atoms with Crippen LogP contribution in [0.15, 0.2) is 87.5 Å². The van der Waals surface area contributed by atoms with Gasteiger partial charge in [0.15, 0.2) is 10.9 Å². The van der Waals surface area contributed by atoms with Crippen molar-refractivity contribution >= 4 is 23.4 Å². The van der Waals surface area contributed by atoms with Gasteiger partial charge in [-0.25, -0.2) is 14.4 Å². The van der Waals surface area contributed by atoms with Gasteiger partial charge in [0.1, 0.15) is 23.9 Å². The summed E-state index contributed by atoms with van der Waals surface area (Å²) in [5.41, 5.74) is 1.59. The Bertz CT molecular complexity index is 1180. The van der Waals surface area contributed by atoms with Crippen molar-refractivity contribution in [1.82, 2.24) is 9.97 Å². The number of anilines is 1. The molecule has 0 bridgehead atoms. The second kappa shape index (κ2) is 9.44. The van der Waals surface area contributed by atoms with Crippen LogP contribution in [-0.4, -0.2) is 15.9 Å². The highest BCUT2D eigenvalue weighted by molar-refractivity contribution is 7.99. The fourth-order valence-electron chi connectivity index (χ4n) is 2.73. The van der Waals surface area contributed by atoms with E-state index < -0.39 is 0 Å². The maximum atomic E-state index is 12.9. The lowest BCUT2D eigenvalue weighted by atomic mass is 10.2. The number of benzene rings is 2.